The van der Waals surface area contributed by atoms with Crippen molar-refractivity contribution in [2.24, 2.45) is 11.8 Å². The number of hydrogen-bond acceptors (Lipinski definition) is 3. The Kier molecular flexibility index (Phi) is 5.89. The van der Waals surface area contributed by atoms with E-state index >= 15 is 0 Å². The lowest BCUT2D eigenvalue weighted by Crippen LogP contribution is -2.56. The average molecular weight is 361 g/mol. The molecule has 2 aliphatic rings. The number of amides is 3. The summed E-state index contributed by atoms with van der Waals surface area (Å²) in [6.07, 6.45) is 4.74. The van der Waals surface area contributed by atoms with Crippen molar-refractivity contribution in [3.63, 3.8) is 0 Å². The number of piperazine rings is 1. The van der Waals surface area contributed by atoms with Gasteiger partial charge in [-0.25, -0.2) is 4.79 Å². The van der Waals surface area contributed by atoms with E-state index in [0.29, 0.717) is 43.8 Å². The Balaban J connectivity index is 1.51. The molecule has 1 N–H and O–H groups in total. The fourth-order valence-corrected chi connectivity index (χ4v) is 4.20. The molecule has 3 rings (SSSR count). The molecule has 0 radical (unpaired) electrons. The molecular weight excluding hydrogens is 330 g/mol. The van der Waals surface area contributed by atoms with E-state index in [0.717, 1.165) is 12.2 Å². The molecule has 0 bridgehead atoms. The lowest BCUT2D eigenvalue weighted by molar-refractivity contribution is 0.0627. The van der Waals surface area contributed by atoms with Crippen LogP contribution < -0.4 is 5.32 Å². The summed E-state index contributed by atoms with van der Waals surface area (Å²) < 4.78 is 5.42. The predicted molar refractivity (Wildman–Crippen MR) is 100 cm³/mol. The fourth-order valence-electron chi connectivity index (χ4n) is 4.20. The van der Waals surface area contributed by atoms with E-state index in [1.807, 2.05) is 11.8 Å². The summed E-state index contributed by atoms with van der Waals surface area (Å²) in [6.45, 7) is 8.54. The molecule has 1 aromatic heterocycles. The maximum Gasteiger partial charge on any atom is 0.317 e. The molecule has 6 heteroatoms. The summed E-state index contributed by atoms with van der Waals surface area (Å²) in [6, 6.07) is 3.81. The second-order valence-electron chi connectivity index (χ2n) is 7.94. The van der Waals surface area contributed by atoms with Gasteiger partial charge in [0.1, 0.15) is 5.76 Å². The Morgan fingerprint density at radius 2 is 1.73 bits per heavy atom. The molecule has 1 saturated carbocycles. The van der Waals surface area contributed by atoms with Gasteiger partial charge in [-0.1, -0.05) is 26.7 Å². The summed E-state index contributed by atoms with van der Waals surface area (Å²) >= 11 is 0. The van der Waals surface area contributed by atoms with Crippen molar-refractivity contribution >= 4 is 11.9 Å². The van der Waals surface area contributed by atoms with E-state index in [4.69, 9.17) is 4.42 Å². The molecule has 26 heavy (non-hydrogen) atoms. The van der Waals surface area contributed by atoms with Crippen molar-refractivity contribution in [1.29, 1.82) is 0 Å². The zero-order valence-corrected chi connectivity index (χ0v) is 16.2. The molecule has 2 heterocycles. The van der Waals surface area contributed by atoms with Crippen LogP contribution in [0.25, 0.3) is 0 Å². The van der Waals surface area contributed by atoms with Crippen LogP contribution in [0.5, 0.6) is 0 Å². The van der Waals surface area contributed by atoms with Crippen molar-refractivity contribution in [3.05, 3.63) is 23.7 Å². The van der Waals surface area contributed by atoms with Gasteiger partial charge >= 0.3 is 6.03 Å². The highest BCUT2D eigenvalue weighted by Crippen LogP contribution is 2.30. The highest BCUT2D eigenvalue weighted by molar-refractivity contribution is 5.91. The van der Waals surface area contributed by atoms with Gasteiger partial charge in [0.05, 0.1) is 0 Å². The van der Waals surface area contributed by atoms with Gasteiger partial charge in [0.25, 0.3) is 5.91 Å². The van der Waals surface area contributed by atoms with Crippen LogP contribution in [-0.4, -0.2) is 54.0 Å². The molecule has 6 nitrogen and oxygen atoms in total. The lowest BCUT2D eigenvalue weighted by Gasteiger charge is -2.38. The molecule has 2 fully saturated rings. The highest BCUT2D eigenvalue weighted by Gasteiger charge is 2.31. The van der Waals surface area contributed by atoms with Gasteiger partial charge in [-0.05, 0) is 43.7 Å². The topological polar surface area (TPSA) is 65.8 Å². The number of carbonyl (C=O) groups excluding carboxylic acids is 2. The third kappa shape index (κ3) is 4.22. The second kappa shape index (κ2) is 8.14. The fraction of sp³-hybridized carbons (Fsp3) is 0.700. The quantitative estimate of drug-likeness (QED) is 0.898. The van der Waals surface area contributed by atoms with Crippen LogP contribution >= 0.6 is 0 Å². The van der Waals surface area contributed by atoms with Crippen LogP contribution in [0.2, 0.25) is 0 Å². The minimum absolute atomic E-state index is 0.0171. The van der Waals surface area contributed by atoms with Crippen molar-refractivity contribution in [2.75, 3.05) is 26.2 Å². The number of nitrogens with zero attached hydrogens (tertiary/aromatic N) is 2. The number of furan rings is 1. The second-order valence-corrected chi connectivity index (χ2v) is 7.94. The minimum atomic E-state index is -0.0923. The van der Waals surface area contributed by atoms with Gasteiger partial charge in [0.15, 0.2) is 5.76 Å². The maximum atomic E-state index is 12.7. The zero-order chi connectivity index (χ0) is 18.7. The summed E-state index contributed by atoms with van der Waals surface area (Å²) in [5, 5.41) is 3.26. The third-order valence-electron chi connectivity index (χ3n) is 5.79. The van der Waals surface area contributed by atoms with Crippen molar-refractivity contribution < 1.29 is 14.0 Å². The lowest BCUT2D eigenvalue weighted by atomic mass is 9.78. The Hall–Kier alpha value is -1.98. The molecule has 2 atom stereocenters. The molecule has 2 unspecified atom stereocenters. The van der Waals surface area contributed by atoms with Crippen LogP contribution in [0, 0.1) is 18.8 Å². The molecular formula is C20H31N3O3. The molecule has 1 aliphatic carbocycles. The predicted octanol–water partition coefficient (Wildman–Crippen LogP) is 3.27. The normalized spacial score (nSPS) is 24.0. The molecule has 0 spiro atoms. The first-order valence-electron chi connectivity index (χ1n) is 9.87. The Bertz CT molecular complexity index is 632. The summed E-state index contributed by atoms with van der Waals surface area (Å²) in [5.74, 6) is 2.18. The van der Waals surface area contributed by atoms with Gasteiger partial charge in [-0.3, -0.25) is 4.79 Å². The molecule has 0 aromatic carbocycles. The number of urea groups is 1. The van der Waals surface area contributed by atoms with Crippen LogP contribution in [-0.2, 0) is 0 Å². The van der Waals surface area contributed by atoms with E-state index in [9.17, 15) is 9.59 Å². The SMILES string of the molecule is Cc1ccc(C(=O)N2CCN(C(=O)NC3CCCCC3C(C)C)CC2)o1. The van der Waals surface area contributed by atoms with Crippen molar-refractivity contribution in [2.45, 2.75) is 52.5 Å². The van der Waals surface area contributed by atoms with Crippen molar-refractivity contribution in [1.82, 2.24) is 15.1 Å². The van der Waals surface area contributed by atoms with Gasteiger partial charge < -0.3 is 19.5 Å². The number of hydrogen-bond donors (Lipinski definition) is 1. The first-order chi connectivity index (χ1) is 12.5. The summed E-state index contributed by atoms with van der Waals surface area (Å²) in [4.78, 5) is 28.7. The largest absolute Gasteiger partial charge is 0.456 e. The molecule has 1 aromatic rings. The Labute approximate surface area is 155 Å². The molecule has 1 aliphatic heterocycles. The first kappa shape index (κ1) is 18.8. The number of nitrogens with one attached hydrogen (secondary N) is 1. The van der Waals surface area contributed by atoms with E-state index < -0.39 is 0 Å². The molecule has 1 saturated heterocycles. The van der Waals surface area contributed by atoms with E-state index in [1.54, 1.807) is 17.0 Å². The van der Waals surface area contributed by atoms with Gasteiger partial charge in [-0.15, -0.1) is 0 Å². The maximum absolute atomic E-state index is 12.7. The van der Waals surface area contributed by atoms with Crippen molar-refractivity contribution in [3.8, 4) is 0 Å². The first-order valence-corrected chi connectivity index (χ1v) is 9.87. The minimum Gasteiger partial charge on any atom is -0.456 e. The van der Waals surface area contributed by atoms with Crippen LogP contribution in [0.1, 0.15) is 55.8 Å². The monoisotopic (exact) mass is 361 g/mol. The third-order valence-corrected chi connectivity index (χ3v) is 5.79. The smallest absolute Gasteiger partial charge is 0.317 e. The van der Waals surface area contributed by atoms with Crippen LogP contribution in [0.3, 0.4) is 0 Å². The molecule has 3 amide bonds. The Morgan fingerprint density at radius 3 is 2.35 bits per heavy atom. The van der Waals surface area contributed by atoms with Crippen LogP contribution in [0.15, 0.2) is 16.5 Å². The number of aryl methyl sites for hydroxylation is 1. The molecule has 144 valence electrons. The number of carbonyl (C=O) groups is 2. The van der Waals surface area contributed by atoms with E-state index in [2.05, 4.69) is 19.2 Å². The van der Waals surface area contributed by atoms with Crippen LogP contribution in [0.4, 0.5) is 4.79 Å². The van der Waals surface area contributed by atoms with E-state index in [1.165, 1.54) is 19.3 Å². The summed E-state index contributed by atoms with van der Waals surface area (Å²) in [7, 11) is 0. The van der Waals surface area contributed by atoms with Gasteiger partial charge in [-0.2, -0.15) is 0 Å². The van der Waals surface area contributed by atoms with Gasteiger partial charge in [0.2, 0.25) is 0 Å². The van der Waals surface area contributed by atoms with E-state index in [-0.39, 0.29) is 18.0 Å². The average Bonchev–Trinajstić information content (AvgIpc) is 3.08. The zero-order valence-electron chi connectivity index (χ0n) is 16.2. The summed E-state index contributed by atoms with van der Waals surface area (Å²) in [5.41, 5.74) is 0. The Morgan fingerprint density at radius 1 is 1.08 bits per heavy atom. The highest BCUT2D eigenvalue weighted by atomic mass is 16.3. The van der Waals surface area contributed by atoms with Gasteiger partial charge in [0, 0.05) is 32.2 Å². The standard InChI is InChI=1S/C20H31N3O3/c1-14(2)16-6-4-5-7-17(16)21-20(25)23-12-10-22(11-13-23)19(24)18-9-8-15(3)26-18/h8-9,14,16-17H,4-7,10-13H2,1-3H3,(H,21,25). The number of rotatable bonds is 3.